The molecule has 0 spiro atoms. The van der Waals surface area contributed by atoms with E-state index >= 15 is 0 Å². The van der Waals surface area contributed by atoms with Crippen LogP contribution in [0.3, 0.4) is 0 Å². The molecule has 0 saturated heterocycles. The highest BCUT2D eigenvalue weighted by Gasteiger charge is 2.38. The van der Waals surface area contributed by atoms with Crippen LogP contribution in [0.2, 0.25) is 0 Å². The first-order valence-electron chi connectivity index (χ1n) is 8.16. The fourth-order valence-corrected chi connectivity index (χ4v) is 2.82. The van der Waals surface area contributed by atoms with E-state index < -0.39 is 0 Å². The van der Waals surface area contributed by atoms with Crippen molar-refractivity contribution in [2.75, 3.05) is 27.2 Å². The minimum absolute atomic E-state index is 0.0854. The van der Waals surface area contributed by atoms with E-state index in [0.717, 1.165) is 25.3 Å². The Hall–Kier alpha value is -1.62. The second-order valence-corrected chi connectivity index (χ2v) is 6.88. The van der Waals surface area contributed by atoms with Crippen molar-refractivity contribution in [2.45, 2.75) is 44.1 Å². The maximum Gasteiger partial charge on any atom is 0.191 e. The van der Waals surface area contributed by atoms with E-state index in [4.69, 9.17) is 4.74 Å². The van der Waals surface area contributed by atoms with Gasteiger partial charge < -0.3 is 15.4 Å². The number of halogens is 1. The van der Waals surface area contributed by atoms with Crippen molar-refractivity contribution in [3.8, 4) is 0 Å². The molecule has 0 aliphatic heterocycles. The van der Waals surface area contributed by atoms with Crippen LogP contribution in [-0.2, 0) is 10.2 Å². The molecule has 0 amide bonds. The molecule has 2 N–H and O–H groups in total. The lowest BCUT2D eigenvalue weighted by atomic mass is 9.64. The second-order valence-electron chi connectivity index (χ2n) is 6.88. The summed E-state index contributed by atoms with van der Waals surface area (Å²) in [5.41, 5.74) is 1.04. The lowest BCUT2D eigenvalue weighted by Gasteiger charge is -2.43. The van der Waals surface area contributed by atoms with Crippen LogP contribution >= 0.6 is 0 Å². The van der Waals surface area contributed by atoms with Gasteiger partial charge in [-0.1, -0.05) is 18.6 Å². The molecule has 0 radical (unpaired) electrons. The first kappa shape index (κ1) is 17.7. The Morgan fingerprint density at radius 2 is 1.91 bits per heavy atom. The summed E-state index contributed by atoms with van der Waals surface area (Å²) >= 11 is 0. The molecule has 0 unspecified atom stereocenters. The van der Waals surface area contributed by atoms with Gasteiger partial charge in [-0.3, -0.25) is 4.99 Å². The zero-order chi connectivity index (χ0) is 16.9. The molecule has 1 saturated carbocycles. The van der Waals surface area contributed by atoms with Crippen LogP contribution in [0.1, 0.15) is 38.7 Å². The molecular formula is C18H28FN3O. The maximum absolute atomic E-state index is 13.2. The van der Waals surface area contributed by atoms with E-state index in [0.29, 0.717) is 6.54 Å². The number of rotatable bonds is 6. The predicted octanol–water partition coefficient (Wildman–Crippen LogP) is 2.84. The van der Waals surface area contributed by atoms with Crippen LogP contribution in [0.15, 0.2) is 29.3 Å². The second kappa shape index (κ2) is 7.30. The van der Waals surface area contributed by atoms with Crippen molar-refractivity contribution in [2.24, 2.45) is 4.99 Å². The summed E-state index contributed by atoms with van der Waals surface area (Å²) in [5.74, 6) is 0.582. The van der Waals surface area contributed by atoms with E-state index in [1.165, 1.54) is 12.0 Å². The number of nitrogens with one attached hydrogen (secondary N) is 2. The van der Waals surface area contributed by atoms with Gasteiger partial charge in [0.1, 0.15) is 5.82 Å². The minimum Gasteiger partial charge on any atom is -0.377 e. The summed E-state index contributed by atoms with van der Waals surface area (Å²) in [6.07, 6.45) is 3.44. The molecule has 23 heavy (non-hydrogen) atoms. The zero-order valence-corrected chi connectivity index (χ0v) is 14.6. The highest BCUT2D eigenvalue weighted by molar-refractivity contribution is 5.79. The maximum atomic E-state index is 13.2. The van der Waals surface area contributed by atoms with Crippen LogP contribution < -0.4 is 10.6 Å². The number of methoxy groups -OCH3 is 1. The Balaban J connectivity index is 1.95. The molecule has 1 fully saturated rings. The van der Waals surface area contributed by atoms with Crippen molar-refractivity contribution in [1.82, 2.24) is 10.6 Å². The number of hydrogen-bond acceptors (Lipinski definition) is 2. The molecule has 2 rings (SSSR count). The highest BCUT2D eigenvalue weighted by Crippen LogP contribution is 2.43. The molecule has 5 heteroatoms. The van der Waals surface area contributed by atoms with Crippen molar-refractivity contribution >= 4 is 5.96 Å². The third kappa shape index (κ3) is 4.44. The van der Waals surface area contributed by atoms with Gasteiger partial charge in [-0.15, -0.1) is 0 Å². The summed E-state index contributed by atoms with van der Waals surface area (Å²) in [5, 5.41) is 6.71. The smallest absolute Gasteiger partial charge is 0.191 e. The van der Waals surface area contributed by atoms with Gasteiger partial charge in [0.15, 0.2) is 5.96 Å². The quantitative estimate of drug-likeness (QED) is 0.625. The van der Waals surface area contributed by atoms with Crippen LogP contribution in [-0.4, -0.2) is 38.8 Å². The highest BCUT2D eigenvalue weighted by atomic mass is 19.1. The number of aliphatic imine (C=N–C) groups is 1. The number of hydrogen-bond donors (Lipinski definition) is 2. The molecule has 128 valence electrons. The standard InChI is InChI=1S/C18H28FN3O/c1-17(2,23-4)12-21-16(20-3)22-13-18(10-5-11-18)14-6-8-15(19)9-7-14/h6-9H,5,10-13H2,1-4H3,(H2,20,21,22). The largest absolute Gasteiger partial charge is 0.377 e. The Bertz CT molecular complexity index is 536. The molecule has 1 aromatic carbocycles. The molecule has 1 aliphatic rings. The van der Waals surface area contributed by atoms with Crippen molar-refractivity contribution in [3.63, 3.8) is 0 Å². The van der Waals surface area contributed by atoms with Gasteiger partial charge in [0.05, 0.1) is 5.60 Å². The van der Waals surface area contributed by atoms with Gasteiger partial charge in [0, 0.05) is 32.7 Å². The van der Waals surface area contributed by atoms with Crippen LogP contribution in [0, 0.1) is 5.82 Å². The Morgan fingerprint density at radius 1 is 1.26 bits per heavy atom. The van der Waals surface area contributed by atoms with Gasteiger partial charge in [-0.2, -0.15) is 0 Å². The van der Waals surface area contributed by atoms with Crippen molar-refractivity contribution < 1.29 is 9.13 Å². The van der Waals surface area contributed by atoms with E-state index in [2.05, 4.69) is 15.6 Å². The predicted molar refractivity (Wildman–Crippen MR) is 92.4 cm³/mol. The average Bonchev–Trinajstić information content (AvgIpc) is 2.50. The first-order chi connectivity index (χ1) is 10.9. The zero-order valence-electron chi connectivity index (χ0n) is 14.6. The summed E-state index contributed by atoms with van der Waals surface area (Å²) in [6, 6.07) is 6.90. The van der Waals surface area contributed by atoms with Crippen molar-refractivity contribution in [3.05, 3.63) is 35.6 Å². The first-order valence-corrected chi connectivity index (χ1v) is 8.16. The molecule has 0 atom stereocenters. The third-order valence-corrected chi connectivity index (χ3v) is 4.82. The topological polar surface area (TPSA) is 45.7 Å². The van der Waals surface area contributed by atoms with Crippen LogP contribution in [0.25, 0.3) is 0 Å². The number of ether oxygens (including phenoxy) is 1. The van der Waals surface area contributed by atoms with E-state index in [9.17, 15) is 4.39 Å². The van der Waals surface area contributed by atoms with E-state index in [1.54, 1.807) is 26.3 Å². The Morgan fingerprint density at radius 3 is 2.39 bits per heavy atom. The molecule has 4 nitrogen and oxygen atoms in total. The SMILES string of the molecule is CN=C(NCC(C)(C)OC)NCC1(c2ccc(F)cc2)CCC1. The lowest BCUT2D eigenvalue weighted by Crippen LogP contribution is -2.51. The summed E-state index contributed by atoms with van der Waals surface area (Å²) in [4.78, 5) is 4.27. The fourth-order valence-electron chi connectivity index (χ4n) is 2.82. The van der Waals surface area contributed by atoms with Crippen LogP contribution in [0.5, 0.6) is 0 Å². The summed E-state index contributed by atoms with van der Waals surface area (Å²) in [7, 11) is 3.47. The molecule has 1 aliphatic carbocycles. The summed E-state index contributed by atoms with van der Waals surface area (Å²) < 4.78 is 18.6. The molecule has 0 bridgehead atoms. The molecule has 0 aromatic heterocycles. The number of benzene rings is 1. The van der Waals surface area contributed by atoms with Gasteiger partial charge in [0.2, 0.25) is 0 Å². The summed E-state index contributed by atoms with van der Waals surface area (Å²) in [6.45, 7) is 5.52. The van der Waals surface area contributed by atoms with Gasteiger partial charge >= 0.3 is 0 Å². The third-order valence-electron chi connectivity index (χ3n) is 4.82. The molecule has 0 heterocycles. The number of guanidine groups is 1. The average molecular weight is 321 g/mol. The van der Waals surface area contributed by atoms with E-state index in [1.807, 2.05) is 26.0 Å². The van der Waals surface area contributed by atoms with Gasteiger partial charge in [0.25, 0.3) is 0 Å². The monoisotopic (exact) mass is 321 g/mol. The minimum atomic E-state index is -0.247. The van der Waals surface area contributed by atoms with Crippen LogP contribution in [0.4, 0.5) is 4.39 Å². The lowest BCUT2D eigenvalue weighted by molar-refractivity contribution is 0.0268. The Kier molecular flexibility index (Phi) is 5.63. The Labute approximate surface area is 138 Å². The fraction of sp³-hybridized carbons (Fsp3) is 0.611. The molecule has 1 aromatic rings. The van der Waals surface area contributed by atoms with Gasteiger partial charge in [-0.05, 0) is 44.4 Å². The molecular weight excluding hydrogens is 293 g/mol. The van der Waals surface area contributed by atoms with Crippen molar-refractivity contribution in [1.29, 1.82) is 0 Å². The van der Waals surface area contributed by atoms with E-state index in [-0.39, 0.29) is 16.8 Å². The van der Waals surface area contributed by atoms with Gasteiger partial charge in [-0.25, -0.2) is 4.39 Å². The normalized spacial score (nSPS) is 17.5. The number of nitrogens with zero attached hydrogens (tertiary/aromatic N) is 1.